The average molecular weight is 345 g/mol. The van der Waals surface area contributed by atoms with E-state index < -0.39 is 20.0 Å². The van der Waals surface area contributed by atoms with Gasteiger partial charge in [-0.2, -0.15) is 4.31 Å². The number of halogens is 3. The summed E-state index contributed by atoms with van der Waals surface area (Å²) in [6, 6.07) is 6.49. The van der Waals surface area contributed by atoms with Gasteiger partial charge in [0, 0.05) is 6.54 Å². The van der Waals surface area contributed by atoms with Crippen molar-refractivity contribution in [2.24, 2.45) is 0 Å². The van der Waals surface area contributed by atoms with Crippen molar-refractivity contribution in [3.8, 4) is 0 Å². The van der Waals surface area contributed by atoms with Crippen molar-refractivity contribution in [3.63, 3.8) is 0 Å². The van der Waals surface area contributed by atoms with E-state index in [1.165, 1.54) is 12.1 Å². The molecule has 106 valence electrons. The SMILES string of the molecule is Cc1ccc(S(=O)(=O)N2CCO[C@H]2C(Cl)(Cl)Cl)cc1. The highest BCUT2D eigenvalue weighted by Gasteiger charge is 2.47. The molecule has 1 aliphatic rings. The first-order valence-corrected chi connectivity index (χ1v) is 8.07. The Hall–Kier alpha value is -0.0400. The fourth-order valence-electron chi connectivity index (χ4n) is 1.80. The molecule has 19 heavy (non-hydrogen) atoms. The Kier molecular flexibility index (Phi) is 4.35. The molecule has 1 saturated heterocycles. The molecule has 0 bridgehead atoms. The number of aryl methyl sites for hydroxylation is 1. The molecule has 0 spiro atoms. The van der Waals surface area contributed by atoms with Gasteiger partial charge in [0.2, 0.25) is 13.8 Å². The molecule has 1 fully saturated rings. The highest BCUT2D eigenvalue weighted by atomic mass is 35.6. The van der Waals surface area contributed by atoms with Crippen LogP contribution in [0.5, 0.6) is 0 Å². The molecule has 8 heteroatoms. The van der Waals surface area contributed by atoms with Crippen LogP contribution in [0.25, 0.3) is 0 Å². The van der Waals surface area contributed by atoms with Crippen molar-refractivity contribution in [2.75, 3.05) is 13.2 Å². The summed E-state index contributed by atoms with van der Waals surface area (Å²) >= 11 is 17.3. The summed E-state index contributed by atoms with van der Waals surface area (Å²) in [5, 5.41) is 0. The summed E-state index contributed by atoms with van der Waals surface area (Å²) in [4.78, 5) is 0.155. The number of alkyl halides is 3. The minimum atomic E-state index is -3.73. The number of rotatable bonds is 2. The summed E-state index contributed by atoms with van der Waals surface area (Å²) in [6.45, 7) is 2.23. The van der Waals surface area contributed by atoms with Crippen LogP contribution in [-0.2, 0) is 14.8 Å². The van der Waals surface area contributed by atoms with E-state index in [1.807, 2.05) is 6.92 Å². The van der Waals surface area contributed by atoms with Gasteiger partial charge in [-0.3, -0.25) is 0 Å². The van der Waals surface area contributed by atoms with Crippen molar-refractivity contribution in [1.29, 1.82) is 0 Å². The van der Waals surface area contributed by atoms with E-state index in [-0.39, 0.29) is 18.0 Å². The van der Waals surface area contributed by atoms with Crippen LogP contribution in [0.15, 0.2) is 29.2 Å². The van der Waals surface area contributed by atoms with Crippen molar-refractivity contribution in [2.45, 2.75) is 21.8 Å². The van der Waals surface area contributed by atoms with Gasteiger partial charge < -0.3 is 4.74 Å². The van der Waals surface area contributed by atoms with Gasteiger partial charge in [-0.1, -0.05) is 52.5 Å². The zero-order valence-electron chi connectivity index (χ0n) is 10.0. The summed E-state index contributed by atoms with van der Waals surface area (Å²) in [5.41, 5.74) is 0.967. The number of benzene rings is 1. The van der Waals surface area contributed by atoms with Crippen LogP contribution in [0.4, 0.5) is 0 Å². The first-order valence-electron chi connectivity index (χ1n) is 5.50. The van der Waals surface area contributed by atoms with Crippen LogP contribution >= 0.6 is 34.8 Å². The van der Waals surface area contributed by atoms with E-state index >= 15 is 0 Å². The van der Waals surface area contributed by atoms with Gasteiger partial charge in [-0.25, -0.2) is 8.42 Å². The Labute approximate surface area is 127 Å². The maximum Gasteiger partial charge on any atom is 0.245 e. The third-order valence-electron chi connectivity index (χ3n) is 2.76. The lowest BCUT2D eigenvalue weighted by atomic mass is 10.2. The first kappa shape index (κ1) is 15.4. The Morgan fingerprint density at radius 1 is 1.26 bits per heavy atom. The zero-order valence-corrected chi connectivity index (χ0v) is 13.1. The molecule has 1 aromatic rings. The third kappa shape index (κ3) is 3.17. The molecular formula is C11H12Cl3NO3S. The molecule has 0 radical (unpaired) electrons. The number of sulfonamides is 1. The fraction of sp³-hybridized carbons (Fsp3) is 0.455. The Bertz CT molecular complexity index is 554. The Morgan fingerprint density at radius 3 is 2.37 bits per heavy atom. The summed E-state index contributed by atoms with van der Waals surface area (Å²) in [5.74, 6) is 0. The van der Waals surface area contributed by atoms with Gasteiger partial charge in [-0.15, -0.1) is 0 Å². The maximum absolute atomic E-state index is 12.5. The quantitative estimate of drug-likeness (QED) is 0.775. The topological polar surface area (TPSA) is 46.6 Å². The van der Waals surface area contributed by atoms with Crippen LogP contribution in [0, 0.1) is 6.92 Å². The predicted molar refractivity (Wildman–Crippen MR) is 75.1 cm³/mol. The molecule has 0 aliphatic carbocycles. The second-order valence-corrected chi connectivity index (χ2v) is 8.45. The van der Waals surface area contributed by atoms with E-state index in [0.717, 1.165) is 9.87 Å². The average Bonchev–Trinajstić information content (AvgIpc) is 2.78. The van der Waals surface area contributed by atoms with Gasteiger partial charge in [0.1, 0.15) is 0 Å². The largest absolute Gasteiger partial charge is 0.356 e. The second kappa shape index (κ2) is 5.39. The lowest BCUT2D eigenvalue weighted by molar-refractivity contribution is 0.0719. The van der Waals surface area contributed by atoms with E-state index in [9.17, 15) is 8.42 Å². The van der Waals surface area contributed by atoms with Crippen molar-refractivity contribution >= 4 is 44.8 Å². The van der Waals surface area contributed by atoms with Gasteiger partial charge in [0.05, 0.1) is 11.5 Å². The van der Waals surface area contributed by atoms with Gasteiger partial charge in [0.25, 0.3) is 0 Å². The minimum Gasteiger partial charge on any atom is -0.356 e. The molecule has 0 unspecified atom stereocenters. The molecule has 0 amide bonds. The van der Waals surface area contributed by atoms with Gasteiger partial charge >= 0.3 is 0 Å². The molecule has 1 heterocycles. The highest BCUT2D eigenvalue weighted by Crippen LogP contribution is 2.38. The molecule has 2 rings (SSSR count). The molecule has 0 N–H and O–H groups in total. The van der Waals surface area contributed by atoms with Crippen LogP contribution in [0.3, 0.4) is 0 Å². The summed E-state index contributed by atoms with van der Waals surface area (Å²) < 4.78 is 29.4. The molecule has 1 atom stereocenters. The van der Waals surface area contributed by atoms with E-state index in [0.29, 0.717) is 0 Å². The molecule has 0 aromatic heterocycles. The second-order valence-electron chi connectivity index (χ2n) is 4.19. The molecular weight excluding hydrogens is 333 g/mol. The van der Waals surface area contributed by atoms with Crippen LogP contribution in [0.1, 0.15) is 5.56 Å². The standard InChI is InChI=1S/C11H12Cl3NO3S/c1-8-2-4-9(5-3-8)19(16,17)15-6-7-18-10(15)11(12,13)14/h2-5,10H,6-7H2,1H3/t10-/m0/s1. The van der Waals surface area contributed by atoms with Crippen LogP contribution in [0.2, 0.25) is 0 Å². The van der Waals surface area contributed by atoms with Crippen molar-refractivity contribution in [1.82, 2.24) is 4.31 Å². The smallest absolute Gasteiger partial charge is 0.245 e. The van der Waals surface area contributed by atoms with Crippen molar-refractivity contribution in [3.05, 3.63) is 29.8 Å². The van der Waals surface area contributed by atoms with Crippen LogP contribution in [-0.4, -0.2) is 35.9 Å². The predicted octanol–water partition coefficient (Wildman–Crippen LogP) is 2.71. The molecule has 0 saturated carbocycles. The normalized spacial score (nSPS) is 21.8. The van der Waals surface area contributed by atoms with Gasteiger partial charge in [-0.05, 0) is 19.1 Å². The molecule has 1 aromatic carbocycles. The summed E-state index contributed by atoms with van der Waals surface area (Å²) in [6.07, 6.45) is -1.11. The lowest BCUT2D eigenvalue weighted by Gasteiger charge is -2.27. The van der Waals surface area contributed by atoms with E-state index in [2.05, 4.69) is 0 Å². The number of hydrogen-bond acceptors (Lipinski definition) is 3. The molecule has 1 aliphatic heterocycles. The maximum atomic E-state index is 12.5. The fourth-order valence-corrected chi connectivity index (χ4v) is 4.06. The Balaban J connectivity index is 2.37. The highest BCUT2D eigenvalue weighted by molar-refractivity contribution is 7.89. The van der Waals surface area contributed by atoms with E-state index in [1.54, 1.807) is 12.1 Å². The van der Waals surface area contributed by atoms with Crippen LogP contribution < -0.4 is 0 Å². The molecule has 4 nitrogen and oxygen atoms in total. The Morgan fingerprint density at radius 2 is 1.84 bits per heavy atom. The zero-order chi connectivity index (χ0) is 14.3. The monoisotopic (exact) mass is 343 g/mol. The first-order chi connectivity index (χ1) is 8.73. The number of ether oxygens (including phenoxy) is 1. The van der Waals surface area contributed by atoms with E-state index in [4.69, 9.17) is 39.5 Å². The minimum absolute atomic E-state index is 0.155. The van der Waals surface area contributed by atoms with Crippen molar-refractivity contribution < 1.29 is 13.2 Å². The third-order valence-corrected chi connectivity index (χ3v) is 5.18. The number of hydrogen-bond donors (Lipinski definition) is 0. The number of nitrogens with zero attached hydrogens (tertiary/aromatic N) is 1. The lowest BCUT2D eigenvalue weighted by Crippen LogP contribution is -2.43. The van der Waals surface area contributed by atoms with Gasteiger partial charge in [0.15, 0.2) is 6.23 Å². The summed E-state index contributed by atoms with van der Waals surface area (Å²) in [7, 11) is -3.73.